The predicted molar refractivity (Wildman–Crippen MR) is 71.6 cm³/mol. The number of hydrogen-bond donors (Lipinski definition) is 2. The summed E-state index contributed by atoms with van der Waals surface area (Å²) in [5, 5.41) is 12.6. The van der Waals surface area contributed by atoms with Crippen LogP contribution in [0.25, 0.3) is 0 Å². The maximum absolute atomic E-state index is 9.10. The molecule has 18 heavy (non-hydrogen) atoms. The minimum atomic E-state index is 0.198. The van der Waals surface area contributed by atoms with Gasteiger partial charge in [0.1, 0.15) is 5.82 Å². The molecule has 4 heteroatoms. The monoisotopic (exact) mass is 247 g/mol. The number of aliphatic hydroxyl groups is 1. The maximum atomic E-state index is 9.10. The van der Waals surface area contributed by atoms with Crippen LogP contribution in [0.2, 0.25) is 0 Å². The normalized spacial score (nSPS) is 18.9. The molecule has 2 aliphatic carbocycles. The highest BCUT2D eigenvalue weighted by Crippen LogP contribution is 2.30. The molecule has 0 unspecified atom stereocenters. The third-order valence-electron chi connectivity index (χ3n) is 3.60. The van der Waals surface area contributed by atoms with E-state index in [1.165, 1.54) is 31.2 Å². The van der Waals surface area contributed by atoms with Crippen molar-refractivity contribution in [1.29, 1.82) is 0 Å². The molecule has 0 amide bonds. The SMILES string of the molecule is OCCN(c1ccc(CNC2CC2)cn1)C1CC1. The summed E-state index contributed by atoms with van der Waals surface area (Å²) in [5.74, 6) is 1.00. The van der Waals surface area contributed by atoms with Gasteiger partial charge in [-0.1, -0.05) is 6.07 Å². The summed E-state index contributed by atoms with van der Waals surface area (Å²) in [4.78, 5) is 6.75. The van der Waals surface area contributed by atoms with E-state index in [4.69, 9.17) is 5.11 Å². The molecule has 0 radical (unpaired) electrons. The molecule has 0 aromatic carbocycles. The highest BCUT2D eigenvalue weighted by Gasteiger charge is 2.29. The Morgan fingerprint density at radius 3 is 2.67 bits per heavy atom. The van der Waals surface area contributed by atoms with Crippen molar-refractivity contribution in [1.82, 2.24) is 10.3 Å². The molecule has 1 aromatic heterocycles. The van der Waals surface area contributed by atoms with E-state index in [0.717, 1.165) is 18.4 Å². The van der Waals surface area contributed by atoms with Crippen molar-refractivity contribution >= 4 is 5.82 Å². The average Bonchev–Trinajstić information content (AvgIpc) is 3.28. The Kier molecular flexibility index (Phi) is 3.48. The number of aromatic nitrogens is 1. The highest BCUT2D eigenvalue weighted by molar-refractivity contribution is 5.42. The average molecular weight is 247 g/mol. The van der Waals surface area contributed by atoms with Gasteiger partial charge in [-0.2, -0.15) is 0 Å². The molecular weight excluding hydrogens is 226 g/mol. The van der Waals surface area contributed by atoms with E-state index in [0.29, 0.717) is 12.6 Å². The summed E-state index contributed by atoms with van der Waals surface area (Å²) < 4.78 is 0. The van der Waals surface area contributed by atoms with Gasteiger partial charge in [-0.15, -0.1) is 0 Å². The second-order valence-corrected chi connectivity index (χ2v) is 5.33. The van der Waals surface area contributed by atoms with Crippen LogP contribution in [0.5, 0.6) is 0 Å². The van der Waals surface area contributed by atoms with Gasteiger partial charge in [0.15, 0.2) is 0 Å². The molecule has 0 spiro atoms. The van der Waals surface area contributed by atoms with Gasteiger partial charge in [0.05, 0.1) is 6.61 Å². The van der Waals surface area contributed by atoms with Gasteiger partial charge in [0, 0.05) is 31.4 Å². The maximum Gasteiger partial charge on any atom is 0.128 e. The second kappa shape index (κ2) is 5.24. The number of anilines is 1. The summed E-state index contributed by atoms with van der Waals surface area (Å²) >= 11 is 0. The first-order valence-corrected chi connectivity index (χ1v) is 6.92. The fourth-order valence-corrected chi connectivity index (χ4v) is 2.22. The zero-order valence-corrected chi connectivity index (χ0v) is 10.7. The number of rotatable bonds is 7. The van der Waals surface area contributed by atoms with Crippen molar-refractivity contribution in [3.8, 4) is 0 Å². The number of aliphatic hydroxyl groups excluding tert-OH is 1. The van der Waals surface area contributed by atoms with Crippen LogP contribution in [0, 0.1) is 0 Å². The van der Waals surface area contributed by atoms with Gasteiger partial charge in [-0.3, -0.25) is 0 Å². The Balaban J connectivity index is 1.60. The first kappa shape index (κ1) is 11.9. The molecule has 98 valence electrons. The molecule has 0 saturated heterocycles. The largest absolute Gasteiger partial charge is 0.395 e. The number of nitrogens with one attached hydrogen (secondary N) is 1. The quantitative estimate of drug-likeness (QED) is 0.762. The highest BCUT2D eigenvalue weighted by atomic mass is 16.3. The number of pyridine rings is 1. The van der Waals surface area contributed by atoms with Crippen molar-refractivity contribution in [2.45, 2.75) is 44.3 Å². The van der Waals surface area contributed by atoms with Crippen molar-refractivity contribution in [3.63, 3.8) is 0 Å². The van der Waals surface area contributed by atoms with Gasteiger partial charge >= 0.3 is 0 Å². The van der Waals surface area contributed by atoms with E-state index in [-0.39, 0.29) is 6.61 Å². The lowest BCUT2D eigenvalue weighted by atomic mass is 10.2. The molecule has 2 N–H and O–H groups in total. The molecule has 2 aliphatic rings. The second-order valence-electron chi connectivity index (χ2n) is 5.33. The zero-order chi connectivity index (χ0) is 12.4. The molecule has 3 rings (SSSR count). The summed E-state index contributed by atoms with van der Waals surface area (Å²) in [7, 11) is 0. The van der Waals surface area contributed by atoms with Crippen LogP contribution >= 0.6 is 0 Å². The molecule has 0 bridgehead atoms. The lowest BCUT2D eigenvalue weighted by Gasteiger charge is -2.22. The topological polar surface area (TPSA) is 48.4 Å². The van der Waals surface area contributed by atoms with Crippen LogP contribution in [0.4, 0.5) is 5.82 Å². The van der Waals surface area contributed by atoms with Crippen LogP contribution in [0.3, 0.4) is 0 Å². The molecule has 2 saturated carbocycles. The molecule has 2 fully saturated rings. The van der Waals surface area contributed by atoms with Crippen molar-refractivity contribution in [2.24, 2.45) is 0 Å². The number of nitrogens with zero attached hydrogens (tertiary/aromatic N) is 2. The van der Waals surface area contributed by atoms with Gasteiger partial charge in [0.2, 0.25) is 0 Å². The zero-order valence-electron chi connectivity index (χ0n) is 10.7. The van der Waals surface area contributed by atoms with Crippen molar-refractivity contribution < 1.29 is 5.11 Å². The minimum absolute atomic E-state index is 0.198. The fourth-order valence-electron chi connectivity index (χ4n) is 2.22. The Morgan fingerprint density at radius 1 is 1.28 bits per heavy atom. The Labute approximate surface area is 108 Å². The third kappa shape index (κ3) is 3.00. The summed E-state index contributed by atoms with van der Waals surface area (Å²) in [6, 6.07) is 5.56. The smallest absolute Gasteiger partial charge is 0.128 e. The van der Waals surface area contributed by atoms with Crippen LogP contribution in [0.15, 0.2) is 18.3 Å². The van der Waals surface area contributed by atoms with Crippen molar-refractivity contribution in [3.05, 3.63) is 23.9 Å². The van der Waals surface area contributed by atoms with Crippen molar-refractivity contribution in [2.75, 3.05) is 18.1 Å². The first-order valence-electron chi connectivity index (χ1n) is 6.92. The lowest BCUT2D eigenvalue weighted by Crippen LogP contribution is -2.29. The van der Waals surface area contributed by atoms with Gasteiger partial charge in [-0.25, -0.2) is 4.98 Å². The van der Waals surface area contributed by atoms with E-state index in [2.05, 4.69) is 27.3 Å². The molecule has 0 atom stereocenters. The van der Waals surface area contributed by atoms with Crippen LogP contribution in [-0.4, -0.2) is 35.3 Å². The molecule has 1 heterocycles. The van der Waals surface area contributed by atoms with E-state index >= 15 is 0 Å². The Hall–Kier alpha value is -1.13. The standard InChI is InChI=1S/C14H21N3O/c18-8-7-17(13-4-5-13)14-6-1-11(10-16-14)9-15-12-2-3-12/h1,6,10,12-13,15,18H,2-5,7-9H2. The molecule has 4 nitrogen and oxygen atoms in total. The van der Waals surface area contributed by atoms with Gasteiger partial charge in [-0.05, 0) is 37.3 Å². The van der Waals surface area contributed by atoms with Gasteiger partial charge < -0.3 is 15.3 Å². The fraction of sp³-hybridized carbons (Fsp3) is 0.643. The molecular formula is C14H21N3O. The summed E-state index contributed by atoms with van der Waals surface area (Å²) in [5.41, 5.74) is 1.24. The third-order valence-corrected chi connectivity index (χ3v) is 3.60. The summed E-state index contributed by atoms with van der Waals surface area (Å²) in [6.07, 6.45) is 7.05. The van der Waals surface area contributed by atoms with Crippen LogP contribution < -0.4 is 10.2 Å². The summed E-state index contributed by atoms with van der Waals surface area (Å²) in [6.45, 7) is 1.81. The van der Waals surface area contributed by atoms with Gasteiger partial charge in [0.25, 0.3) is 0 Å². The van der Waals surface area contributed by atoms with E-state index in [1.807, 2.05) is 6.20 Å². The van der Waals surface area contributed by atoms with E-state index < -0.39 is 0 Å². The minimum Gasteiger partial charge on any atom is -0.395 e. The lowest BCUT2D eigenvalue weighted by molar-refractivity contribution is 0.301. The van der Waals surface area contributed by atoms with Crippen LogP contribution in [0.1, 0.15) is 31.2 Å². The van der Waals surface area contributed by atoms with Crippen LogP contribution in [-0.2, 0) is 6.54 Å². The first-order chi connectivity index (χ1) is 8.86. The van der Waals surface area contributed by atoms with E-state index in [9.17, 15) is 0 Å². The molecule has 0 aliphatic heterocycles. The number of hydrogen-bond acceptors (Lipinski definition) is 4. The molecule has 1 aromatic rings. The predicted octanol–water partition coefficient (Wildman–Crippen LogP) is 1.29. The van der Waals surface area contributed by atoms with E-state index in [1.54, 1.807) is 0 Å². The Bertz CT molecular complexity index is 385. The Morgan fingerprint density at radius 2 is 2.11 bits per heavy atom.